The lowest BCUT2D eigenvalue weighted by molar-refractivity contribution is -0.134. The maximum atomic E-state index is 12.4. The summed E-state index contributed by atoms with van der Waals surface area (Å²) in [6, 6.07) is 6.01. The number of rotatable bonds is 4. The van der Waals surface area contributed by atoms with Gasteiger partial charge in [0, 0.05) is 44.2 Å². The highest BCUT2D eigenvalue weighted by molar-refractivity contribution is 6.02. The molecule has 2 atom stereocenters. The predicted molar refractivity (Wildman–Crippen MR) is 125 cm³/mol. The smallest absolute Gasteiger partial charge is 0.410 e. The summed E-state index contributed by atoms with van der Waals surface area (Å²) in [7, 11) is 1.86. The zero-order chi connectivity index (χ0) is 23.8. The highest BCUT2D eigenvalue weighted by Gasteiger charge is 2.32. The molecule has 4 rings (SSSR count). The molecule has 178 valence electrons. The van der Waals surface area contributed by atoms with Crippen LogP contribution in [0.2, 0.25) is 0 Å². The quantitative estimate of drug-likeness (QED) is 0.686. The molecule has 0 radical (unpaired) electrons. The maximum Gasteiger partial charge on any atom is 0.410 e. The summed E-state index contributed by atoms with van der Waals surface area (Å²) >= 11 is 0. The van der Waals surface area contributed by atoms with E-state index in [1.807, 2.05) is 46.0 Å². The fourth-order valence-corrected chi connectivity index (χ4v) is 4.59. The number of ether oxygens (including phenoxy) is 1. The van der Waals surface area contributed by atoms with Crippen LogP contribution in [-0.4, -0.2) is 57.8 Å². The van der Waals surface area contributed by atoms with E-state index >= 15 is 0 Å². The van der Waals surface area contributed by atoms with Crippen LogP contribution in [0.4, 0.5) is 10.5 Å². The average Bonchev–Trinajstić information content (AvgIpc) is 3.07. The molecule has 0 aliphatic carbocycles. The van der Waals surface area contributed by atoms with E-state index in [0.29, 0.717) is 31.0 Å². The van der Waals surface area contributed by atoms with Gasteiger partial charge in [0.2, 0.25) is 11.8 Å². The molecule has 1 unspecified atom stereocenters. The van der Waals surface area contributed by atoms with Crippen molar-refractivity contribution in [1.29, 1.82) is 0 Å². The van der Waals surface area contributed by atoms with Gasteiger partial charge in [-0.25, -0.2) is 4.79 Å². The highest BCUT2D eigenvalue weighted by atomic mass is 16.6. The van der Waals surface area contributed by atoms with Crippen molar-refractivity contribution in [1.82, 2.24) is 20.0 Å². The van der Waals surface area contributed by atoms with Crippen LogP contribution in [0, 0.1) is 5.92 Å². The van der Waals surface area contributed by atoms with E-state index in [-0.39, 0.29) is 17.9 Å². The highest BCUT2D eigenvalue weighted by Crippen LogP contribution is 2.31. The third kappa shape index (κ3) is 5.29. The Morgan fingerprint density at radius 2 is 2.06 bits per heavy atom. The molecule has 9 heteroatoms. The Morgan fingerprint density at radius 1 is 1.27 bits per heavy atom. The first-order valence-electron chi connectivity index (χ1n) is 11.6. The lowest BCUT2D eigenvalue weighted by Gasteiger charge is -2.34. The second-order valence-electron chi connectivity index (χ2n) is 10.1. The van der Waals surface area contributed by atoms with E-state index in [2.05, 4.69) is 15.7 Å². The van der Waals surface area contributed by atoms with Crippen LogP contribution in [-0.2, 0) is 21.4 Å². The number of imide groups is 1. The molecule has 2 fully saturated rings. The number of likely N-dealkylation sites (tertiary alicyclic amines) is 1. The molecule has 2 aliphatic heterocycles. The number of aryl methyl sites for hydroxylation is 1. The van der Waals surface area contributed by atoms with Gasteiger partial charge in [0.25, 0.3) is 0 Å². The van der Waals surface area contributed by atoms with Crippen molar-refractivity contribution in [2.45, 2.75) is 58.0 Å². The van der Waals surface area contributed by atoms with Crippen LogP contribution in [0.3, 0.4) is 0 Å². The van der Waals surface area contributed by atoms with Crippen LogP contribution in [0.25, 0.3) is 10.9 Å². The summed E-state index contributed by atoms with van der Waals surface area (Å²) in [5.41, 5.74) is 2.12. The molecule has 2 N–H and O–H groups in total. The van der Waals surface area contributed by atoms with E-state index in [1.165, 1.54) is 0 Å². The van der Waals surface area contributed by atoms with E-state index in [4.69, 9.17) is 4.74 Å². The molecule has 2 saturated heterocycles. The Hall–Kier alpha value is -3.10. The van der Waals surface area contributed by atoms with Gasteiger partial charge in [-0.05, 0) is 64.2 Å². The molecular weight excluding hydrogens is 422 g/mol. The Morgan fingerprint density at radius 3 is 2.79 bits per heavy atom. The third-order valence-electron chi connectivity index (χ3n) is 6.21. The number of nitrogens with one attached hydrogen (secondary N) is 2. The Bertz CT molecular complexity index is 1070. The third-order valence-corrected chi connectivity index (χ3v) is 6.21. The predicted octanol–water partition coefficient (Wildman–Crippen LogP) is 3.15. The molecule has 0 saturated carbocycles. The van der Waals surface area contributed by atoms with Gasteiger partial charge in [0.15, 0.2) is 0 Å². The van der Waals surface area contributed by atoms with Gasteiger partial charge in [0.1, 0.15) is 5.60 Å². The number of anilines is 1. The summed E-state index contributed by atoms with van der Waals surface area (Å²) in [6.45, 7) is 7.81. The molecular formula is C24H33N5O4. The fourth-order valence-electron chi connectivity index (χ4n) is 4.59. The van der Waals surface area contributed by atoms with Crippen molar-refractivity contribution in [2.24, 2.45) is 13.0 Å². The van der Waals surface area contributed by atoms with E-state index in [9.17, 15) is 14.4 Å². The normalized spacial score (nSPS) is 21.8. The van der Waals surface area contributed by atoms with Crippen LogP contribution < -0.4 is 10.6 Å². The van der Waals surface area contributed by atoms with Gasteiger partial charge < -0.3 is 15.0 Å². The van der Waals surface area contributed by atoms with E-state index in [1.54, 1.807) is 9.58 Å². The number of benzene rings is 1. The first-order chi connectivity index (χ1) is 15.6. The molecule has 33 heavy (non-hydrogen) atoms. The monoisotopic (exact) mass is 455 g/mol. The standard InChI is InChI=1S/C24H33N5O4/c1-24(2,3)33-23(32)29-11-5-6-15(14-29)13-25-16-7-8-17-19(12-16)28(4)27-21(17)18-9-10-20(30)26-22(18)31/h7-8,12,15,18,25H,5-6,9-11,13-14H2,1-4H3,(H,26,30,31)/t15-,18?/m0/s1. The Balaban J connectivity index is 1.41. The van der Waals surface area contributed by atoms with Crippen molar-refractivity contribution in [3.8, 4) is 0 Å². The Labute approximate surface area is 193 Å². The van der Waals surface area contributed by atoms with Crippen LogP contribution in [0.5, 0.6) is 0 Å². The molecule has 2 aliphatic rings. The van der Waals surface area contributed by atoms with E-state index in [0.717, 1.165) is 42.5 Å². The Kier molecular flexibility index (Phi) is 6.32. The minimum absolute atomic E-state index is 0.226. The van der Waals surface area contributed by atoms with Gasteiger partial charge in [-0.2, -0.15) is 5.10 Å². The van der Waals surface area contributed by atoms with Crippen molar-refractivity contribution < 1.29 is 19.1 Å². The number of amides is 3. The number of nitrogens with zero attached hydrogens (tertiary/aromatic N) is 3. The number of piperidine rings is 2. The van der Waals surface area contributed by atoms with Crippen LogP contribution in [0.15, 0.2) is 18.2 Å². The summed E-state index contributed by atoms with van der Waals surface area (Å²) in [6.07, 6.45) is 2.58. The molecule has 3 heterocycles. The van der Waals surface area contributed by atoms with Gasteiger partial charge in [-0.3, -0.25) is 19.6 Å². The number of carbonyl (C=O) groups is 3. The molecule has 2 aromatic rings. The summed E-state index contributed by atoms with van der Waals surface area (Å²) < 4.78 is 7.31. The summed E-state index contributed by atoms with van der Waals surface area (Å²) in [5, 5.41) is 11.4. The number of aromatic nitrogens is 2. The summed E-state index contributed by atoms with van der Waals surface area (Å²) in [4.78, 5) is 38.0. The zero-order valence-electron chi connectivity index (χ0n) is 19.8. The van der Waals surface area contributed by atoms with Gasteiger partial charge in [-0.15, -0.1) is 0 Å². The van der Waals surface area contributed by atoms with Crippen molar-refractivity contribution in [3.63, 3.8) is 0 Å². The van der Waals surface area contributed by atoms with Crippen LogP contribution in [0.1, 0.15) is 58.1 Å². The number of carbonyl (C=O) groups excluding carboxylic acids is 3. The minimum Gasteiger partial charge on any atom is -0.444 e. The fraction of sp³-hybridized carbons (Fsp3) is 0.583. The van der Waals surface area contributed by atoms with Gasteiger partial charge in [-0.1, -0.05) is 0 Å². The number of fused-ring (bicyclic) bond motifs is 1. The van der Waals surface area contributed by atoms with Crippen molar-refractivity contribution in [3.05, 3.63) is 23.9 Å². The first-order valence-corrected chi connectivity index (χ1v) is 11.6. The molecule has 1 aromatic carbocycles. The second-order valence-corrected chi connectivity index (χ2v) is 10.1. The largest absolute Gasteiger partial charge is 0.444 e. The van der Waals surface area contributed by atoms with E-state index < -0.39 is 11.5 Å². The first kappa shape index (κ1) is 23.1. The summed E-state index contributed by atoms with van der Waals surface area (Å²) in [5.74, 6) is -0.574. The SMILES string of the molecule is Cn1nc(C2CCC(=O)NC2=O)c2ccc(NC[C@@H]3CCCN(C(=O)OC(C)(C)C)C3)cc21. The lowest BCUT2D eigenvalue weighted by Crippen LogP contribution is -2.44. The zero-order valence-corrected chi connectivity index (χ0v) is 19.8. The lowest BCUT2D eigenvalue weighted by atomic mass is 9.93. The average molecular weight is 456 g/mol. The molecule has 1 aromatic heterocycles. The maximum absolute atomic E-state index is 12.4. The molecule has 3 amide bonds. The number of hydrogen-bond donors (Lipinski definition) is 2. The van der Waals surface area contributed by atoms with Crippen molar-refractivity contribution >= 4 is 34.5 Å². The number of hydrogen-bond acceptors (Lipinski definition) is 6. The van der Waals surface area contributed by atoms with Gasteiger partial charge >= 0.3 is 6.09 Å². The topological polar surface area (TPSA) is 106 Å². The molecule has 9 nitrogen and oxygen atoms in total. The molecule has 0 spiro atoms. The van der Waals surface area contributed by atoms with Crippen molar-refractivity contribution in [2.75, 3.05) is 25.0 Å². The minimum atomic E-state index is -0.493. The van der Waals surface area contributed by atoms with Crippen LogP contribution >= 0.6 is 0 Å². The second kappa shape index (κ2) is 9.03. The molecule has 0 bridgehead atoms. The van der Waals surface area contributed by atoms with Gasteiger partial charge in [0.05, 0.1) is 17.1 Å².